The van der Waals surface area contributed by atoms with E-state index in [0.717, 1.165) is 11.1 Å². The van der Waals surface area contributed by atoms with Gasteiger partial charge in [0, 0.05) is 17.3 Å². The normalized spacial score (nSPS) is 11.3. The molecule has 0 radical (unpaired) electrons. The van der Waals surface area contributed by atoms with Gasteiger partial charge in [0.15, 0.2) is 0 Å². The zero-order chi connectivity index (χ0) is 18.9. The first-order chi connectivity index (χ1) is 12.5. The van der Waals surface area contributed by atoms with Crippen molar-refractivity contribution in [3.63, 3.8) is 0 Å². The number of halogens is 1. The summed E-state index contributed by atoms with van der Waals surface area (Å²) < 4.78 is 0. The first kappa shape index (κ1) is 19.8. The summed E-state index contributed by atoms with van der Waals surface area (Å²) in [4.78, 5) is 25.5. The second-order valence-electron chi connectivity index (χ2n) is 5.68. The molecule has 0 aliphatic rings. The summed E-state index contributed by atoms with van der Waals surface area (Å²) in [5.74, 6) is -1.42. The van der Waals surface area contributed by atoms with Gasteiger partial charge in [-0.1, -0.05) is 72.9 Å². The highest BCUT2D eigenvalue weighted by Gasteiger charge is 2.25. The van der Waals surface area contributed by atoms with Crippen LogP contribution in [0.3, 0.4) is 0 Å². The molecule has 0 spiro atoms. The minimum atomic E-state index is -1.01. The zero-order valence-corrected chi connectivity index (χ0v) is 15.7. The fourth-order valence-corrected chi connectivity index (χ4v) is 2.65. The smallest absolute Gasteiger partial charge is 0.243 e. The van der Waals surface area contributed by atoms with E-state index in [1.807, 2.05) is 42.5 Å². The number of rotatable bonds is 9. The van der Waals surface area contributed by atoms with E-state index in [4.69, 9.17) is 23.8 Å². The highest BCUT2D eigenvalue weighted by atomic mass is 35.5. The third-order valence-electron chi connectivity index (χ3n) is 3.82. The first-order valence-electron chi connectivity index (χ1n) is 7.97. The maximum absolute atomic E-state index is 12.7. The van der Waals surface area contributed by atoms with Gasteiger partial charge in [-0.25, -0.2) is 0 Å². The van der Waals surface area contributed by atoms with Gasteiger partial charge in [-0.2, -0.15) is 0 Å². The van der Waals surface area contributed by atoms with Crippen molar-refractivity contribution >= 4 is 41.5 Å². The van der Waals surface area contributed by atoms with Crippen molar-refractivity contribution in [1.82, 2.24) is 10.2 Å². The molecule has 26 heavy (non-hydrogen) atoms. The quantitative estimate of drug-likeness (QED) is 0.405. The predicted octanol–water partition coefficient (Wildman–Crippen LogP) is 3.74. The number of carbonyl (C=O) groups is 2. The van der Waals surface area contributed by atoms with E-state index >= 15 is 0 Å². The zero-order valence-electron chi connectivity index (χ0n) is 14.1. The summed E-state index contributed by atoms with van der Waals surface area (Å²) in [6.45, 7) is 4.58. The van der Waals surface area contributed by atoms with E-state index in [2.05, 4.69) is 11.9 Å². The van der Waals surface area contributed by atoms with Crippen LogP contribution >= 0.6 is 23.8 Å². The molecule has 2 aromatic carbocycles. The molecule has 2 rings (SSSR count). The van der Waals surface area contributed by atoms with Crippen molar-refractivity contribution in [2.45, 2.75) is 13.1 Å². The average molecular weight is 387 g/mol. The fraction of sp³-hybridized carbons (Fsp3) is 0.150. The first-order valence-corrected chi connectivity index (χ1v) is 8.82. The molecule has 0 aliphatic heterocycles. The molecule has 0 saturated carbocycles. The number of nitrogens with one attached hydrogen (secondary N) is 1. The molecule has 0 saturated heterocycles. The van der Waals surface area contributed by atoms with E-state index in [1.54, 1.807) is 12.1 Å². The number of aldehydes is 1. The van der Waals surface area contributed by atoms with Crippen LogP contribution in [0.5, 0.6) is 0 Å². The van der Waals surface area contributed by atoms with Crippen LogP contribution in [0.4, 0.5) is 0 Å². The number of carbonyl (C=O) groups excluding carboxylic acids is 2. The molecule has 0 aromatic heterocycles. The molecule has 1 amide bonds. The number of hydrogen-bond acceptors (Lipinski definition) is 4. The monoisotopic (exact) mass is 386 g/mol. The molecular weight excluding hydrogens is 368 g/mol. The van der Waals surface area contributed by atoms with Crippen LogP contribution < -0.4 is 5.32 Å². The molecule has 0 bridgehead atoms. The minimum Gasteiger partial charge on any atom is -0.384 e. The molecule has 1 unspecified atom stereocenters. The number of hydrogen-bond donors (Lipinski definition) is 1. The molecule has 134 valence electrons. The Bertz CT molecular complexity index is 778. The van der Waals surface area contributed by atoms with E-state index in [1.165, 1.54) is 10.4 Å². The van der Waals surface area contributed by atoms with Crippen LogP contribution in [0, 0.1) is 5.92 Å². The largest absolute Gasteiger partial charge is 0.384 e. The summed E-state index contributed by atoms with van der Waals surface area (Å²) in [6, 6.07) is 16.7. The van der Waals surface area contributed by atoms with Crippen molar-refractivity contribution in [2.24, 2.45) is 5.92 Å². The molecule has 1 N–H and O–H groups in total. The summed E-state index contributed by atoms with van der Waals surface area (Å²) in [5, 5.41) is 3.67. The third kappa shape index (κ3) is 5.51. The molecular formula is C20H19ClN2O2S. The highest BCUT2D eigenvalue weighted by Crippen LogP contribution is 2.13. The van der Waals surface area contributed by atoms with Gasteiger partial charge in [0.1, 0.15) is 12.2 Å². The van der Waals surface area contributed by atoms with E-state index in [9.17, 15) is 9.59 Å². The van der Waals surface area contributed by atoms with Crippen LogP contribution in [-0.2, 0) is 22.7 Å². The summed E-state index contributed by atoms with van der Waals surface area (Å²) in [5.41, 5.74) is 3.48. The highest BCUT2D eigenvalue weighted by molar-refractivity contribution is 7.78. The van der Waals surface area contributed by atoms with Gasteiger partial charge in [-0.15, -0.1) is 0 Å². The Morgan fingerprint density at radius 2 is 1.81 bits per heavy atom. The van der Waals surface area contributed by atoms with Gasteiger partial charge in [0.2, 0.25) is 5.91 Å². The summed E-state index contributed by atoms with van der Waals surface area (Å²) in [7, 11) is 0. The number of benzene rings is 2. The van der Waals surface area contributed by atoms with Crippen LogP contribution in [0.2, 0.25) is 5.02 Å². The second kappa shape index (κ2) is 9.85. The molecule has 4 nitrogen and oxygen atoms in total. The predicted molar refractivity (Wildman–Crippen MR) is 108 cm³/mol. The van der Waals surface area contributed by atoms with Crippen molar-refractivity contribution in [2.75, 3.05) is 0 Å². The van der Waals surface area contributed by atoms with Gasteiger partial charge in [-0.05, 0) is 23.3 Å². The van der Waals surface area contributed by atoms with Crippen molar-refractivity contribution in [3.05, 3.63) is 83.0 Å². The third-order valence-corrected chi connectivity index (χ3v) is 4.32. The maximum Gasteiger partial charge on any atom is 0.243 e. The number of thiocarbonyl (C=S) groups is 1. The lowest BCUT2D eigenvalue weighted by atomic mass is 10.1. The van der Waals surface area contributed by atoms with Crippen molar-refractivity contribution < 1.29 is 9.59 Å². The standard InChI is InChI=1S/C20H19ClN2O2S/c1-15(22-11-16-7-9-18(21)10-8-16)19(13-24)20(25)23(14-26)12-17-5-3-2-4-6-17/h2-10,13-14,19,22H,1,11-12H2. The van der Waals surface area contributed by atoms with Crippen molar-refractivity contribution in [3.8, 4) is 0 Å². The summed E-state index contributed by atoms with van der Waals surface area (Å²) >= 11 is 10.8. The van der Waals surface area contributed by atoms with Crippen LogP contribution in [0.15, 0.2) is 66.9 Å². The van der Waals surface area contributed by atoms with E-state index in [0.29, 0.717) is 30.1 Å². The van der Waals surface area contributed by atoms with Crippen molar-refractivity contribution in [1.29, 1.82) is 0 Å². The topological polar surface area (TPSA) is 49.4 Å². The van der Waals surface area contributed by atoms with Gasteiger partial charge in [0.05, 0.1) is 12.0 Å². The van der Waals surface area contributed by atoms with E-state index in [-0.39, 0.29) is 0 Å². The van der Waals surface area contributed by atoms with Gasteiger partial charge >= 0.3 is 0 Å². The second-order valence-corrected chi connectivity index (χ2v) is 6.32. The molecule has 2 aromatic rings. The van der Waals surface area contributed by atoms with Gasteiger partial charge in [0.25, 0.3) is 0 Å². The van der Waals surface area contributed by atoms with Crippen LogP contribution in [0.1, 0.15) is 11.1 Å². The number of nitrogens with zero attached hydrogens (tertiary/aromatic N) is 1. The Morgan fingerprint density at radius 3 is 2.38 bits per heavy atom. The fourth-order valence-electron chi connectivity index (χ4n) is 2.34. The Labute approximate surface area is 163 Å². The average Bonchev–Trinajstić information content (AvgIpc) is 2.67. The van der Waals surface area contributed by atoms with Gasteiger partial charge < -0.3 is 15.0 Å². The molecule has 1 atom stereocenters. The Kier molecular flexibility index (Phi) is 7.51. The van der Waals surface area contributed by atoms with E-state index < -0.39 is 11.8 Å². The molecule has 0 aliphatic carbocycles. The molecule has 0 fully saturated rings. The molecule has 0 heterocycles. The summed E-state index contributed by atoms with van der Waals surface area (Å²) in [6.07, 6.45) is 0.580. The van der Waals surface area contributed by atoms with Crippen LogP contribution in [0.25, 0.3) is 0 Å². The Morgan fingerprint density at radius 1 is 1.15 bits per heavy atom. The SMILES string of the molecule is C=C(NCc1ccc(Cl)cc1)C(C=O)C(=O)N(C=S)Cc1ccccc1. The Hall–Kier alpha value is -2.50. The lowest BCUT2D eigenvalue weighted by Gasteiger charge is -2.22. The molecule has 6 heteroatoms. The lowest BCUT2D eigenvalue weighted by molar-refractivity contribution is -0.133. The minimum absolute atomic E-state index is 0.304. The van der Waals surface area contributed by atoms with Gasteiger partial charge in [-0.3, -0.25) is 4.79 Å². The maximum atomic E-state index is 12.7. The Balaban J connectivity index is 2.01. The van der Waals surface area contributed by atoms with Crippen LogP contribution in [-0.4, -0.2) is 22.6 Å². The number of amides is 1. The lowest BCUT2D eigenvalue weighted by Crippen LogP contribution is -2.38.